The molecule has 0 atom stereocenters. The number of nitrogen functional groups attached to an aromatic ring is 1. The maximum absolute atomic E-state index is 13.5. The maximum Gasteiger partial charge on any atom is 0.417 e. The zero-order valence-electron chi connectivity index (χ0n) is 35.7. The molecule has 0 unspecified atom stereocenters. The lowest BCUT2D eigenvalue weighted by atomic mass is 10.1. The van der Waals surface area contributed by atoms with E-state index in [9.17, 15) is 37.7 Å². The molecule has 62 heavy (non-hydrogen) atoms. The minimum absolute atomic E-state index is 0.102. The van der Waals surface area contributed by atoms with Crippen molar-refractivity contribution in [1.82, 2.24) is 15.2 Å². The molecule has 0 aromatic heterocycles. The summed E-state index contributed by atoms with van der Waals surface area (Å²) in [5.41, 5.74) is 9.37. The van der Waals surface area contributed by atoms with E-state index in [4.69, 9.17) is 17.3 Å². The number of anilines is 3. The van der Waals surface area contributed by atoms with Crippen LogP contribution in [0, 0.1) is 10.1 Å². The summed E-state index contributed by atoms with van der Waals surface area (Å²) in [6.45, 7) is 14.5. The first-order valence-corrected chi connectivity index (χ1v) is 20.4. The summed E-state index contributed by atoms with van der Waals surface area (Å²) in [5, 5.41) is 16.9. The second-order valence-electron chi connectivity index (χ2n) is 14.1. The van der Waals surface area contributed by atoms with Crippen LogP contribution >= 0.6 is 11.6 Å². The van der Waals surface area contributed by atoms with Crippen LogP contribution in [0.4, 0.5) is 35.9 Å². The number of nitrogens with one attached hydrogen (secondary N) is 2. The number of carbonyl (C=O) groups is 3. The fraction of sp³-hybridized carbons (Fsp3) is 0.364. The van der Waals surface area contributed by atoms with Gasteiger partial charge in [0.2, 0.25) is 0 Å². The van der Waals surface area contributed by atoms with E-state index < -0.39 is 33.6 Å². The van der Waals surface area contributed by atoms with Crippen LogP contribution in [0.1, 0.15) is 88.3 Å². The summed E-state index contributed by atoms with van der Waals surface area (Å²) in [6.07, 6.45) is -1.74. The van der Waals surface area contributed by atoms with Crippen molar-refractivity contribution in [3.05, 3.63) is 127 Å². The van der Waals surface area contributed by atoms with Crippen LogP contribution in [0.2, 0.25) is 5.02 Å². The van der Waals surface area contributed by atoms with Crippen molar-refractivity contribution in [1.29, 1.82) is 0 Å². The van der Waals surface area contributed by atoms with Crippen LogP contribution in [0.25, 0.3) is 0 Å². The van der Waals surface area contributed by atoms with Gasteiger partial charge in [0.15, 0.2) is 0 Å². The Morgan fingerprint density at radius 2 is 1.58 bits per heavy atom. The third-order valence-electron chi connectivity index (χ3n) is 9.48. The van der Waals surface area contributed by atoms with Crippen molar-refractivity contribution in [3.8, 4) is 0 Å². The molecule has 0 saturated heterocycles. The first-order chi connectivity index (χ1) is 29.4. The second kappa shape index (κ2) is 24.4. The number of hydrogen-bond acceptors (Lipinski definition) is 11. The molecule has 4 rings (SSSR count). The van der Waals surface area contributed by atoms with Gasteiger partial charge in [0.05, 0.1) is 40.1 Å². The third-order valence-corrected chi connectivity index (χ3v) is 9.81. The molecule has 2 amide bonds. The Morgan fingerprint density at radius 3 is 2.19 bits per heavy atom. The number of nitrogens with two attached hydrogens (primary N) is 1. The number of hydrogen-bond donors (Lipinski definition) is 3. The lowest BCUT2D eigenvalue weighted by Crippen LogP contribution is -2.32. The zero-order chi connectivity index (χ0) is 46.0. The number of esters is 1. The van der Waals surface area contributed by atoms with Crippen LogP contribution in [-0.4, -0.2) is 92.1 Å². The number of hydrazone groups is 1. The Kier molecular flexibility index (Phi) is 19.8. The quantitative estimate of drug-likeness (QED) is 0.0272. The molecule has 0 radical (unpaired) electrons. The summed E-state index contributed by atoms with van der Waals surface area (Å²) in [4.78, 5) is 54.6. The summed E-state index contributed by atoms with van der Waals surface area (Å²) >= 11 is 5.72. The molecule has 0 fully saturated rings. The summed E-state index contributed by atoms with van der Waals surface area (Å²) in [5.74, 6) is -1.79. The molecule has 0 aliphatic heterocycles. The van der Waals surface area contributed by atoms with E-state index in [1.807, 2.05) is 31.3 Å². The van der Waals surface area contributed by atoms with Crippen LogP contribution in [0.5, 0.6) is 0 Å². The number of carbonyl (C=O) groups excluding carboxylic acids is 3. The number of nitrogens with zero attached hydrogens (tertiary/aromatic N) is 5. The van der Waals surface area contributed by atoms with Gasteiger partial charge in [0, 0.05) is 55.7 Å². The number of likely N-dealkylation sites (N-methyl/N-ethyl adjacent to an activating group) is 2. The van der Waals surface area contributed by atoms with Gasteiger partial charge in [-0.2, -0.15) is 18.3 Å². The molecule has 0 aliphatic carbocycles. The van der Waals surface area contributed by atoms with E-state index in [0.29, 0.717) is 12.1 Å². The van der Waals surface area contributed by atoms with E-state index in [0.717, 1.165) is 88.8 Å². The van der Waals surface area contributed by atoms with E-state index >= 15 is 0 Å². The van der Waals surface area contributed by atoms with E-state index in [1.165, 1.54) is 24.3 Å². The van der Waals surface area contributed by atoms with Crippen LogP contribution in [0.15, 0.2) is 84.0 Å². The van der Waals surface area contributed by atoms with Crippen LogP contribution in [-0.2, 0) is 17.5 Å². The molecule has 4 aromatic rings. The molecule has 0 spiro atoms. The molecule has 0 bridgehead atoms. The minimum Gasteiger partial charge on any atom is -0.465 e. The average Bonchev–Trinajstić information content (AvgIpc) is 3.24. The van der Waals surface area contributed by atoms with Gasteiger partial charge in [-0.05, 0) is 98.7 Å². The van der Waals surface area contributed by atoms with Crippen LogP contribution in [0.3, 0.4) is 0 Å². The second-order valence-corrected chi connectivity index (χ2v) is 14.5. The standard InChI is InChI=1S/C36H46ClF3N6O2.C8H8N2O4/c1-6-17-46(18-7-2)29-14-16-33(30(23-29)35(48)43-41-24-26-13-15-32(37)31(22-26)36(38,39)40)42-34(47)28-12-10-11-27(21-28)25-44(5)19-20-45(8-3)9-4;1-14-8(11)6-4-5(9)2-3-7(6)10(12)13/h10-16,21-24H,6-9,17-20,25H2,1-5H3,(H,42,47)(H,43,48);2-4H,9H2,1H3. The molecular weight excluding hydrogens is 829 g/mol. The molecule has 4 N–H and O–H groups in total. The lowest BCUT2D eigenvalue weighted by Gasteiger charge is -2.25. The Bertz CT molecular complexity index is 2180. The molecule has 18 heteroatoms. The van der Waals surface area contributed by atoms with Crippen molar-refractivity contribution >= 4 is 58.3 Å². The largest absolute Gasteiger partial charge is 0.465 e. The fourth-order valence-electron chi connectivity index (χ4n) is 6.24. The Hall–Kier alpha value is -6.04. The molecular formula is C44H54ClF3N8O6. The monoisotopic (exact) mass is 882 g/mol. The Morgan fingerprint density at radius 1 is 0.887 bits per heavy atom. The van der Waals surface area contributed by atoms with Gasteiger partial charge in [-0.3, -0.25) is 19.7 Å². The van der Waals surface area contributed by atoms with Gasteiger partial charge in [-0.1, -0.05) is 57.5 Å². The summed E-state index contributed by atoms with van der Waals surface area (Å²) in [6, 6.07) is 19.7. The maximum atomic E-state index is 13.5. The zero-order valence-corrected chi connectivity index (χ0v) is 36.5. The summed E-state index contributed by atoms with van der Waals surface area (Å²) < 4.78 is 44.3. The highest BCUT2D eigenvalue weighted by atomic mass is 35.5. The smallest absolute Gasteiger partial charge is 0.417 e. The van der Waals surface area contributed by atoms with E-state index in [1.54, 1.807) is 18.2 Å². The molecule has 14 nitrogen and oxygen atoms in total. The van der Waals surface area contributed by atoms with Crippen molar-refractivity contribution in [3.63, 3.8) is 0 Å². The SMILES string of the molecule is CCCN(CCC)c1ccc(NC(=O)c2cccc(CN(C)CCN(CC)CC)c2)c(C(=O)NN=Cc2ccc(Cl)c(C(F)(F)F)c2)c1.COC(=O)c1cc(N)ccc1[N+](=O)[O-]. The lowest BCUT2D eigenvalue weighted by molar-refractivity contribution is -0.385. The first-order valence-electron chi connectivity index (χ1n) is 20.0. The molecule has 0 heterocycles. The number of methoxy groups -OCH3 is 1. The fourth-order valence-corrected chi connectivity index (χ4v) is 6.46. The topological polar surface area (TPSA) is 176 Å². The predicted molar refractivity (Wildman–Crippen MR) is 238 cm³/mol. The number of halogens is 4. The third kappa shape index (κ3) is 15.1. The number of benzene rings is 4. The molecule has 4 aromatic carbocycles. The van der Waals surface area contributed by atoms with Crippen LogP contribution < -0.4 is 21.4 Å². The molecule has 334 valence electrons. The van der Waals surface area contributed by atoms with Gasteiger partial charge >= 0.3 is 12.1 Å². The Labute approximate surface area is 365 Å². The normalized spacial score (nSPS) is 11.3. The van der Waals surface area contributed by atoms with Gasteiger partial charge in [-0.15, -0.1) is 0 Å². The predicted octanol–water partition coefficient (Wildman–Crippen LogP) is 8.74. The highest BCUT2D eigenvalue weighted by Crippen LogP contribution is 2.35. The number of ether oxygens (including phenoxy) is 1. The Balaban J connectivity index is 0.000000618. The number of nitro benzene ring substituents is 1. The van der Waals surface area contributed by atoms with Crippen molar-refractivity contribution in [2.45, 2.75) is 53.3 Å². The average molecular weight is 883 g/mol. The minimum atomic E-state index is -4.64. The van der Waals surface area contributed by atoms with Crippen molar-refractivity contribution in [2.75, 3.05) is 69.4 Å². The number of amides is 2. The van der Waals surface area contributed by atoms with E-state index in [-0.39, 0.29) is 39.7 Å². The van der Waals surface area contributed by atoms with Crippen molar-refractivity contribution < 1.29 is 37.2 Å². The number of alkyl halides is 3. The highest BCUT2D eigenvalue weighted by Gasteiger charge is 2.33. The van der Waals surface area contributed by atoms with Crippen molar-refractivity contribution in [2.24, 2.45) is 5.10 Å². The van der Waals surface area contributed by atoms with E-state index in [2.05, 4.69) is 63.0 Å². The highest BCUT2D eigenvalue weighted by molar-refractivity contribution is 6.31. The number of nitro groups is 1. The first kappa shape index (κ1) is 50.3. The summed E-state index contributed by atoms with van der Waals surface area (Å²) in [7, 11) is 3.20. The van der Waals surface area contributed by atoms with Gasteiger partial charge in [-0.25, -0.2) is 10.2 Å². The molecule has 0 saturated carbocycles. The molecule has 0 aliphatic rings. The van der Waals surface area contributed by atoms with Gasteiger partial charge in [0.1, 0.15) is 5.56 Å². The van der Waals surface area contributed by atoms with Gasteiger partial charge < -0.3 is 30.5 Å². The number of rotatable bonds is 19. The van der Waals surface area contributed by atoms with Gasteiger partial charge in [0.25, 0.3) is 17.5 Å².